The largest absolute Gasteiger partial charge is 0.447 e. The Balaban J connectivity index is 2.08. The van der Waals surface area contributed by atoms with E-state index >= 15 is 0 Å². The van der Waals surface area contributed by atoms with Crippen LogP contribution in [0.5, 0.6) is 0 Å². The number of rotatable bonds is 7. The van der Waals surface area contributed by atoms with E-state index in [1.807, 2.05) is 0 Å². The van der Waals surface area contributed by atoms with Crippen molar-refractivity contribution in [3.05, 3.63) is 17.9 Å². The molecule has 0 bridgehead atoms. The zero-order chi connectivity index (χ0) is 14.0. The SMILES string of the molecule is CN(C)S(=O)(=O)c1ccc(CN(CCO)C2CC2)o1. The zero-order valence-corrected chi connectivity index (χ0v) is 12.1. The number of sulfonamides is 1. The van der Waals surface area contributed by atoms with Crippen LogP contribution < -0.4 is 0 Å². The van der Waals surface area contributed by atoms with Gasteiger partial charge in [-0.15, -0.1) is 0 Å². The van der Waals surface area contributed by atoms with E-state index in [1.165, 1.54) is 20.2 Å². The molecule has 1 aromatic heterocycles. The minimum absolute atomic E-state index is 0.0350. The first-order chi connectivity index (χ1) is 8.95. The van der Waals surface area contributed by atoms with Gasteiger partial charge in [0.25, 0.3) is 10.0 Å². The Hall–Kier alpha value is -0.890. The van der Waals surface area contributed by atoms with Crippen LogP contribution in [0.15, 0.2) is 21.6 Å². The average molecular weight is 288 g/mol. The summed E-state index contributed by atoms with van der Waals surface area (Å²) in [5.74, 6) is 0.612. The fraction of sp³-hybridized carbons (Fsp3) is 0.667. The second-order valence-corrected chi connectivity index (χ2v) is 7.02. The monoisotopic (exact) mass is 288 g/mol. The molecule has 1 heterocycles. The predicted octanol–water partition coefficient (Wildman–Crippen LogP) is 0.487. The zero-order valence-electron chi connectivity index (χ0n) is 11.2. The molecule has 1 saturated carbocycles. The Labute approximate surface area is 113 Å². The molecule has 0 amide bonds. The van der Waals surface area contributed by atoms with E-state index in [4.69, 9.17) is 9.52 Å². The summed E-state index contributed by atoms with van der Waals surface area (Å²) < 4.78 is 30.3. The molecule has 0 unspecified atom stereocenters. The summed E-state index contributed by atoms with van der Waals surface area (Å²) in [7, 11) is -0.566. The molecule has 1 aliphatic rings. The summed E-state index contributed by atoms with van der Waals surface area (Å²) in [5.41, 5.74) is 0. The summed E-state index contributed by atoms with van der Waals surface area (Å²) in [6.45, 7) is 1.22. The van der Waals surface area contributed by atoms with Gasteiger partial charge in [-0.3, -0.25) is 4.90 Å². The molecule has 0 aliphatic heterocycles. The van der Waals surface area contributed by atoms with Crippen molar-refractivity contribution in [2.75, 3.05) is 27.2 Å². The quantitative estimate of drug-likeness (QED) is 0.790. The molecule has 1 aliphatic carbocycles. The van der Waals surface area contributed by atoms with Gasteiger partial charge in [0.2, 0.25) is 5.09 Å². The highest BCUT2D eigenvalue weighted by molar-refractivity contribution is 7.88. The van der Waals surface area contributed by atoms with Gasteiger partial charge in [0.1, 0.15) is 5.76 Å². The van der Waals surface area contributed by atoms with Gasteiger partial charge >= 0.3 is 0 Å². The lowest BCUT2D eigenvalue weighted by Gasteiger charge is -2.19. The van der Waals surface area contributed by atoms with Gasteiger partial charge in [0.15, 0.2) is 0 Å². The van der Waals surface area contributed by atoms with Gasteiger partial charge in [0.05, 0.1) is 13.2 Å². The van der Waals surface area contributed by atoms with Crippen molar-refractivity contribution in [3.63, 3.8) is 0 Å². The molecular formula is C12H20N2O4S. The predicted molar refractivity (Wildman–Crippen MR) is 70.1 cm³/mol. The van der Waals surface area contributed by atoms with Gasteiger partial charge in [-0.05, 0) is 25.0 Å². The third-order valence-electron chi connectivity index (χ3n) is 3.18. The van der Waals surface area contributed by atoms with Crippen LogP contribution in [0.4, 0.5) is 0 Å². The smallest absolute Gasteiger partial charge is 0.275 e. The van der Waals surface area contributed by atoms with Crippen LogP contribution in [0.1, 0.15) is 18.6 Å². The van der Waals surface area contributed by atoms with E-state index in [0.717, 1.165) is 17.1 Å². The molecule has 0 spiro atoms. The van der Waals surface area contributed by atoms with Crippen molar-refractivity contribution in [1.29, 1.82) is 0 Å². The summed E-state index contributed by atoms with van der Waals surface area (Å²) in [5, 5.41) is 8.99. The molecule has 0 aromatic carbocycles. The summed E-state index contributed by atoms with van der Waals surface area (Å²) >= 11 is 0. The first kappa shape index (κ1) is 14.5. The maximum atomic E-state index is 11.9. The molecule has 1 aromatic rings. The van der Waals surface area contributed by atoms with Gasteiger partial charge < -0.3 is 9.52 Å². The van der Waals surface area contributed by atoms with Crippen molar-refractivity contribution in [2.45, 2.75) is 30.5 Å². The average Bonchev–Trinajstić information content (AvgIpc) is 3.08. The second kappa shape index (κ2) is 5.62. The van der Waals surface area contributed by atoms with Gasteiger partial charge in [-0.25, -0.2) is 12.7 Å². The molecule has 2 rings (SSSR count). The third-order valence-corrected chi connectivity index (χ3v) is 4.87. The minimum Gasteiger partial charge on any atom is -0.447 e. The van der Waals surface area contributed by atoms with Gasteiger partial charge in [0, 0.05) is 26.7 Å². The summed E-state index contributed by atoms with van der Waals surface area (Å²) in [4.78, 5) is 2.12. The summed E-state index contributed by atoms with van der Waals surface area (Å²) in [6, 6.07) is 3.66. The Morgan fingerprint density at radius 1 is 1.37 bits per heavy atom. The van der Waals surface area contributed by atoms with Crippen LogP contribution >= 0.6 is 0 Å². The van der Waals surface area contributed by atoms with E-state index in [0.29, 0.717) is 24.9 Å². The highest BCUT2D eigenvalue weighted by atomic mass is 32.2. The minimum atomic E-state index is -3.51. The first-order valence-electron chi connectivity index (χ1n) is 6.31. The molecule has 108 valence electrons. The molecule has 1 N–H and O–H groups in total. The topological polar surface area (TPSA) is 74.0 Å². The number of nitrogens with zero attached hydrogens (tertiary/aromatic N) is 2. The normalized spacial score (nSPS) is 16.5. The third kappa shape index (κ3) is 3.36. The van der Waals surface area contributed by atoms with Crippen LogP contribution in [-0.2, 0) is 16.6 Å². The number of furan rings is 1. The maximum absolute atomic E-state index is 11.9. The standard InChI is InChI=1S/C12H20N2O4S/c1-13(2)19(16,17)12-6-5-11(18-12)9-14(7-8-15)10-3-4-10/h5-6,10,15H,3-4,7-9H2,1-2H3. The highest BCUT2D eigenvalue weighted by Crippen LogP contribution is 2.28. The van der Waals surface area contributed by atoms with E-state index < -0.39 is 10.0 Å². The van der Waals surface area contributed by atoms with Gasteiger partial charge in [-0.1, -0.05) is 0 Å². The highest BCUT2D eigenvalue weighted by Gasteiger charge is 2.29. The molecule has 6 nitrogen and oxygen atoms in total. The van der Waals surface area contributed by atoms with Crippen LogP contribution in [0.2, 0.25) is 0 Å². The Morgan fingerprint density at radius 3 is 2.58 bits per heavy atom. The number of aliphatic hydroxyl groups is 1. The fourth-order valence-electron chi connectivity index (χ4n) is 1.92. The molecule has 0 radical (unpaired) electrons. The number of aliphatic hydroxyl groups excluding tert-OH is 1. The van der Waals surface area contributed by atoms with Crippen molar-refractivity contribution >= 4 is 10.0 Å². The molecular weight excluding hydrogens is 268 g/mol. The number of hydrogen-bond donors (Lipinski definition) is 1. The lowest BCUT2D eigenvalue weighted by Crippen LogP contribution is -2.28. The van der Waals surface area contributed by atoms with E-state index in [1.54, 1.807) is 6.07 Å². The Morgan fingerprint density at radius 2 is 2.05 bits per heavy atom. The van der Waals surface area contributed by atoms with E-state index in [9.17, 15) is 8.42 Å². The molecule has 19 heavy (non-hydrogen) atoms. The van der Waals surface area contributed by atoms with Crippen LogP contribution in [-0.4, -0.2) is 56.0 Å². The Bertz CT molecular complexity index is 520. The molecule has 0 saturated heterocycles. The maximum Gasteiger partial charge on any atom is 0.275 e. The van der Waals surface area contributed by atoms with Crippen molar-refractivity contribution in [1.82, 2.24) is 9.21 Å². The number of hydrogen-bond acceptors (Lipinski definition) is 5. The van der Waals surface area contributed by atoms with Crippen LogP contribution in [0.25, 0.3) is 0 Å². The fourth-order valence-corrected chi connectivity index (χ4v) is 2.73. The van der Waals surface area contributed by atoms with Crippen LogP contribution in [0, 0.1) is 0 Å². The van der Waals surface area contributed by atoms with Crippen molar-refractivity contribution in [3.8, 4) is 0 Å². The summed E-state index contributed by atoms with van der Waals surface area (Å²) in [6.07, 6.45) is 2.26. The molecule has 7 heteroatoms. The van der Waals surface area contributed by atoms with E-state index in [-0.39, 0.29) is 11.7 Å². The van der Waals surface area contributed by atoms with Crippen molar-refractivity contribution < 1.29 is 17.9 Å². The molecule has 0 atom stereocenters. The van der Waals surface area contributed by atoms with Crippen LogP contribution in [0.3, 0.4) is 0 Å². The Kier molecular flexibility index (Phi) is 4.29. The molecule has 1 fully saturated rings. The second-order valence-electron chi connectivity index (χ2n) is 4.93. The first-order valence-corrected chi connectivity index (χ1v) is 7.75. The lowest BCUT2D eigenvalue weighted by molar-refractivity contribution is 0.171. The van der Waals surface area contributed by atoms with E-state index in [2.05, 4.69) is 4.90 Å². The lowest BCUT2D eigenvalue weighted by atomic mass is 10.4. The van der Waals surface area contributed by atoms with Crippen molar-refractivity contribution in [2.24, 2.45) is 0 Å². The van der Waals surface area contributed by atoms with Gasteiger partial charge in [-0.2, -0.15) is 0 Å².